The molecule has 1 N–H and O–H groups in total. The van der Waals surface area contributed by atoms with Crippen molar-refractivity contribution in [3.63, 3.8) is 0 Å². The van der Waals surface area contributed by atoms with Crippen LogP contribution in [0.3, 0.4) is 0 Å². The van der Waals surface area contributed by atoms with Gasteiger partial charge in [0.1, 0.15) is 12.2 Å². The molecular formula is C23H32O7. The summed E-state index contributed by atoms with van der Waals surface area (Å²) >= 11 is 0. The van der Waals surface area contributed by atoms with Crippen molar-refractivity contribution in [2.45, 2.75) is 70.4 Å². The number of benzene rings is 1. The van der Waals surface area contributed by atoms with Gasteiger partial charge in [0.15, 0.2) is 17.7 Å². The third-order valence-corrected chi connectivity index (χ3v) is 5.22. The highest BCUT2D eigenvalue weighted by Crippen LogP contribution is 2.35. The molecule has 6 atom stereocenters. The van der Waals surface area contributed by atoms with Crippen molar-refractivity contribution >= 4 is 11.8 Å². The molecule has 1 heterocycles. The van der Waals surface area contributed by atoms with Crippen LogP contribution < -0.4 is 0 Å². The molecule has 0 unspecified atom stereocenters. The maximum absolute atomic E-state index is 12.9. The average molecular weight is 421 g/mol. The lowest BCUT2D eigenvalue weighted by Gasteiger charge is -2.30. The topological polar surface area (TPSA) is 91.3 Å². The lowest BCUT2D eigenvalue weighted by Crippen LogP contribution is -2.48. The third kappa shape index (κ3) is 5.76. The first-order chi connectivity index (χ1) is 14.1. The third-order valence-electron chi connectivity index (χ3n) is 5.22. The normalized spacial score (nSPS) is 24.5. The number of hydrogen-bond acceptors (Lipinski definition) is 7. The van der Waals surface area contributed by atoms with Gasteiger partial charge < -0.3 is 24.1 Å². The molecule has 0 spiro atoms. The van der Waals surface area contributed by atoms with Crippen molar-refractivity contribution in [2.24, 2.45) is 5.92 Å². The quantitative estimate of drug-likeness (QED) is 0.460. The van der Waals surface area contributed by atoms with E-state index in [9.17, 15) is 14.7 Å². The summed E-state index contributed by atoms with van der Waals surface area (Å²) < 4.78 is 22.7. The van der Waals surface area contributed by atoms with E-state index < -0.39 is 47.9 Å². The minimum Gasteiger partial charge on any atom is -0.451 e. The summed E-state index contributed by atoms with van der Waals surface area (Å²) in [5.74, 6) is -2.79. The molecule has 30 heavy (non-hydrogen) atoms. The highest BCUT2D eigenvalue weighted by atomic mass is 16.8. The van der Waals surface area contributed by atoms with E-state index in [-0.39, 0.29) is 6.10 Å². The Morgan fingerprint density at radius 1 is 1.20 bits per heavy atom. The number of ketones is 1. The van der Waals surface area contributed by atoms with Gasteiger partial charge in [-0.05, 0) is 39.3 Å². The van der Waals surface area contributed by atoms with E-state index in [4.69, 9.17) is 18.9 Å². The Hall–Kier alpha value is -2.06. The molecule has 0 aliphatic carbocycles. The minimum absolute atomic E-state index is 0.354. The van der Waals surface area contributed by atoms with Crippen LogP contribution in [0.15, 0.2) is 43.0 Å². The van der Waals surface area contributed by atoms with Gasteiger partial charge in [0.05, 0.1) is 17.8 Å². The standard InChI is InChI=1S/C23H32O7/c1-7-11-17(27-6)20-21(30-23(4,5)29-20)19(25)14(2)18(24)15(3)28-22(26)16-12-9-8-10-13-16/h7-10,12-15,17,19-21,25H,1,11H2,2-6H3/t14-,15-,17-,19-,20-,21-/m0/s1. The van der Waals surface area contributed by atoms with Gasteiger partial charge in [0.2, 0.25) is 0 Å². The molecule has 1 aliphatic heterocycles. The molecule has 7 heteroatoms. The second-order valence-electron chi connectivity index (χ2n) is 7.96. The van der Waals surface area contributed by atoms with Crippen LogP contribution in [0, 0.1) is 5.92 Å². The van der Waals surface area contributed by atoms with Crippen LogP contribution in [-0.4, -0.2) is 60.3 Å². The second-order valence-corrected chi connectivity index (χ2v) is 7.96. The van der Waals surface area contributed by atoms with Gasteiger partial charge in [-0.3, -0.25) is 4.79 Å². The van der Waals surface area contributed by atoms with Crippen molar-refractivity contribution in [3.05, 3.63) is 48.6 Å². The van der Waals surface area contributed by atoms with Crippen LogP contribution in [0.25, 0.3) is 0 Å². The number of carbonyl (C=O) groups is 2. The van der Waals surface area contributed by atoms with Gasteiger partial charge in [-0.25, -0.2) is 4.79 Å². The molecule has 1 fully saturated rings. The first kappa shape index (κ1) is 24.2. The Kier molecular flexibility index (Phi) is 8.32. The zero-order chi connectivity index (χ0) is 22.5. The first-order valence-corrected chi connectivity index (χ1v) is 10.1. The monoisotopic (exact) mass is 420 g/mol. The fourth-order valence-electron chi connectivity index (χ4n) is 3.58. The lowest BCUT2D eigenvalue weighted by molar-refractivity contribution is -0.165. The minimum atomic E-state index is -1.18. The Morgan fingerprint density at radius 2 is 1.80 bits per heavy atom. The van der Waals surface area contributed by atoms with Crippen LogP contribution in [0.2, 0.25) is 0 Å². The van der Waals surface area contributed by atoms with Gasteiger partial charge in [-0.1, -0.05) is 31.2 Å². The van der Waals surface area contributed by atoms with Crippen molar-refractivity contribution in [1.29, 1.82) is 0 Å². The molecule has 0 aromatic heterocycles. The fourth-order valence-corrected chi connectivity index (χ4v) is 3.58. The van der Waals surface area contributed by atoms with Crippen LogP contribution in [0.1, 0.15) is 44.5 Å². The summed E-state index contributed by atoms with van der Waals surface area (Å²) in [6.07, 6.45) is -1.77. The number of aliphatic hydroxyl groups is 1. The van der Waals surface area contributed by atoms with E-state index >= 15 is 0 Å². The summed E-state index contributed by atoms with van der Waals surface area (Å²) in [5.41, 5.74) is 0.354. The summed E-state index contributed by atoms with van der Waals surface area (Å²) in [5, 5.41) is 11.0. The zero-order valence-corrected chi connectivity index (χ0v) is 18.2. The van der Waals surface area contributed by atoms with Crippen molar-refractivity contribution < 1.29 is 33.6 Å². The number of aliphatic hydroxyl groups excluding tert-OH is 1. The van der Waals surface area contributed by atoms with E-state index in [1.807, 2.05) is 0 Å². The SMILES string of the molecule is C=CC[C@H](OC)[C@@H]1OC(C)(C)O[C@H]1[C@@H](O)[C@@H](C)C(=O)[C@H](C)OC(=O)c1ccccc1. The molecular weight excluding hydrogens is 388 g/mol. The number of hydrogen-bond donors (Lipinski definition) is 1. The first-order valence-electron chi connectivity index (χ1n) is 10.1. The molecule has 0 bridgehead atoms. The van der Waals surface area contributed by atoms with Crippen molar-refractivity contribution in [1.82, 2.24) is 0 Å². The number of carbonyl (C=O) groups excluding carboxylic acids is 2. The molecule has 166 valence electrons. The van der Waals surface area contributed by atoms with Crippen LogP contribution in [0.5, 0.6) is 0 Å². The van der Waals surface area contributed by atoms with Crippen LogP contribution >= 0.6 is 0 Å². The van der Waals surface area contributed by atoms with Crippen molar-refractivity contribution in [2.75, 3.05) is 7.11 Å². The predicted molar refractivity (Wildman–Crippen MR) is 111 cm³/mol. The number of Topliss-reactive ketones (excluding diaryl/α,β-unsaturated/α-hetero) is 1. The van der Waals surface area contributed by atoms with Crippen LogP contribution in [0.4, 0.5) is 0 Å². The van der Waals surface area contributed by atoms with E-state index in [0.29, 0.717) is 12.0 Å². The fraction of sp³-hybridized carbons (Fsp3) is 0.565. The zero-order valence-electron chi connectivity index (χ0n) is 18.2. The Morgan fingerprint density at radius 3 is 2.37 bits per heavy atom. The molecule has 1 saturated heterocycles. The maximum Gasteiger partial charge on any atom is 0.338 e. The van der Waals surface area contributed by atoms with E-state index in [0.717, 1.165) is 0 Å². The number of ether oxygens (including phenoxy) is 4. The molecule has 1 aromatic rings. The van der Waals surface area contributed by atoms with Gasteiger partial charge in [0, 0.05) is 13.0 Å². The molecule has 0 radical (unpaired) electrons. The Bertz CT molecular complexity index is 730. The second kappa shape index (κ2) is 10.3. The summed E-state index contributed by atoms with van der Waals surface area (Å²) in [6.45, 7) is 10.3. The molecule has 7 nitrogen and oxygen atoms in total. The summed E-state index contributed by atoms with van der Waals surface area (Å²) in [6, 6.07) is 8.43. The molecule has 1 aromatic carbocycles. The lowest BCUT2D eigenvalue weighted by atomic mass is 9.89. The largest absolute Gasteiger partial charge is 0.451 e. The highest BCUT2D eigenvalue weighted by Gasteiger charge is 2.50. The Balaban J connectivity index is 2.09. The van der Waals surface area contributed by atoms with E-state index in [2.05, 4.69) is 6.58 Å². The molecule has 1 aliphatic rings. The van der Waals surface area contributed by atoms with Crippen molar-refractivity contribution in [3.8, 4) is 0 Å². The number of esters is 1. The van der Waals surface area contributed by atoms with E-state index in [1.165, 1.54) is 6.92 Å². The predicted octanol–water partition coefficient (Wildman–Crippen LogP) is 2.91. The highest BCUT2D eigenvalue weighted by molar-refractivity contribution is 5.93. The molecule has 2 rings (SSSR count). The van der Waals surface area contributed by atoms with Gasteiger partial charge in [-0.2, -0.15) is 0 Å². The van der Waals surface area contributed by atoms with Gasteiger partial charge in [0.25, 0.3) is 0 Å². The van der Waals surface area contributed by atoms with Crippen LogP contribution in [-0.2, 0) is 23.7 Å². The summed E-state index contributed by atoms with van der Waals surface area (Å²) in [7, 11) is 1.55. The molecule has 0 amide bonds. The van der Waals surface area contributed by atoms with E-state index in [1.54, 1.807) is 64.3 Å². The Labute approximate surface area is 178 Å². The average Bonchev–Trinajstić information content (AvgIpc) is 3.05. The smallest absolute Gasteiger partial charge is 0.338 e. The summed E-state index contributed by atoms with van der Waals surface area (Å²) in [4.78, 5) is 25.1. The van der Waals surface area contributed by atoms with Gasteiger partial charge in [-0.15, -0.1) is 6.58 Å². The number of rotatable bonds is 10. The van der Waals surface area contributed by atoms with Gasteiger partial charge >= 0.3 is 5.97 Å². The maximum atomic E-state index is 12.9. The number of methoxy groups -OCH3 is 1. The molecule has 0 saturated carbocycles.